The first-order valence-electron chi connectivity index (χ1n) is 12.0. The molecular formula is C28H25NO9. The van der Waals surface area contributed by atoms with Crippen LogP contribution in [-0.4, -0.2) is 51.7 Å². The van der Waals surface area contributed by atoms with Crippen LogP contribution in [0.25, 0.3) is 0 Å². The highest BCUT2D eigenvalue weighted by Crippen LogP contribution is 2.56. The molecule has 2 aliphatic heterocycles. The molecule has 1 saturated heterocycles. The number of carbonyl (C=O) groups excluding carboxylic acids is 2. The predicted molar refractivity (Wildman–Crippen MR) is 131 cm³/mol. The summed E-state index contributed by atoms with van der Waals surface area (Å²) in [5.41, 5.74) is 2.59. The zero-order valence-corrected chi connectivity index (χ0v) is 21.0. The predicted octanol–water partition coefficient (Wildman–Crippen LogP) is 3.67. The van der Waals surface area contributed by atoms with Crippen molar-refractivity contribution in [3.63, 3.8) is 0 Å². The van der Waals surface area contributed by atoms with Gasteiger partial charge in [0.25, 0.3) is 0 Å². The minimum absolute atomic E-state index is 0.0729. The molecular weight excluding hydrogens is 494 g/mol. The summed E-state index contributed by atoms with van der Waals surface area (Å²) < 4.78 is 39.7. The van der Waals surface area contributed by atoms with Gasteiger partial charge in [0.1, 0.15) is 6.10 Å². The van der Waals surface area contributed by atoms with Crippen LogP contribution in [0.4, 0.5) is 0 Å². The van der Waals surface area contributed by atoms with Crippen LogP contribution in [0.3, 0.4) is 0 Å². The number of carbonyl (C=O) groups is 2. The summed E-state index contributed by atoms with van der Waals surface area (Å²) in [4.78, 5) is 30.4. The molecule has 10 nitrogen and oxygen atoms in total. The van der Waals surface area contributed by atoms with E-state index in [-0.39, 0.29) is 19.4 Å². The molecule has 1 aliphatic carbocycles. The average molecular weight is 520 g/mol. The van der Waals surface area contributed by atoms with Gasteiger partial charge in [-0.2, -0.15) is 0 Å². The molecule has 0 bridgehead atoms. The number of rotatable bonds is 6. The maximum absolute atomic E-state index is 13.3. The van der Waals surface area contributed by atoms with Crippen molar-refractivity contribution in [3.8, 4) is 28.7 Å². The van der Waals surface area contributed by atoms with Gasteiger partial charge in [-0.3, -0.25) is 9.78 Å². The fraction of sp³-hybridized carbons (Fsp3) is 0.321. The minimum atomic E-state index is -0.755. The second-order valence-electron chi connectivity index (χ2n) is 9.15. The number of esters is 2. The summed E-state index contributed by atoms with van der Waals surface area (Å²) in [7, 11) is 4.60. The van der Waals surface area contributed by atoms with Crippen LogP contribution in [0.5, 0.6) is 28.7 Å². The standard InChI is InChI=1S/C28H25NO9/c1-32-21-8-15(9-22(33-2)26(21)34-3)23-16-10-19-20(37-13-36-19)11-17(16)25(18-12-35-28(31)24(18)23)38-27(30)14-4-6-29-7-5-14/h4-11,18,23-25H,12-13H2,1-3H3. The van der Waals surface area contributed by atoms with Crippen molar-refractivity contribution >= 4 is 11.9 Å². The number of aromatic nitrogens is 1. The van der Waals surface area contributed by atoms with Gasteiger partial charge in [0.15, 0.2) is 23.0 Å². The van der Waals surface area contributed by atoms with Gasteiger partial charge in [-0.1, -0.05) is 0 Å². The van der Waals surface area contributed by atoms with E-state index in [0.717, 1.165) is 16.7 Å². The van der Waals surface area contributed by atoms with Crippen molar-refractivity contribution in [2.24, 2.45) is 11.8 Å². The summed E-state index contributed by atoms with van der Waals surface area (Å²) in [5.74, 6) is 0.000611. The Morgan fingerprint density at radius 1 is 0.895 bits per heavy atom. The Hall–Kier alpha value is -4.47. The Morgan fingerprint density at radius 2 is 1.55 bits per heavy atom. The lowest BCUT2D eigenvalue weighted by Crippen LogP contribution is -2.36. The average Bonchev–Trinajstić information content (AvgIpc) is 3.57. The summed E-state index contributed by atoms with van der Waals surface area (Å²) in [6.07, 6.45) is 2.29. The minimum Gasteiger partial charge on any atom is -0.493 e. The monoisotopic (exact) mass is 519 g/mol. The van der Waals surface area contributed by atoms with E-state index in [1.807, 2.05) is 24.3 Å². The molecule has 4 atom stereocenters. The Labute approximate surface area is 218 Å². The van der Waals surface area contributed by atoms with Crippen molar-refractivity contribution < 1.29 is 42.7 Å². The summed E-state index contributed by atoms with van der Waals surface area (Å²) in [5, 5.41) is 0. The van der Waals surface area contributed by atoms with E-state index in [4.69, 9.17) is 33.2 Å². The van der Waals surface area contributed by atoms with Crippen molar-refractivity contribution in [3.05, 3.63) is 71.0 Å². The van der Waals surface area contributed by atoms with Gasteiger partial charge < -0.3 is 33.2 Å². The third-order valence-electron chi connectivity index (χ3n) is 7.32. The zero-order valence-electron chi connectivity index (χ0n) is 21.0. The van der Waals surface area contributed by atoms with E-state index in [1.165, 1.54) is 33.7 Å². The molecule has 3 aromatic rings. The quantitative estimate of drug-likeness (QED) is 0.447. The first-order chi connectivity index (χ1) is 18.5. The molecule has 0 spiro atoms. The molecule has 1 fully saturated rings. The maximum Gasteiger partial charge on any atom is 0.338 e. The number of benzene rings is 2. The zero-order chi connectivity index (χ0) is 26.4. The fourth-order valence-electron chi connectivity index (χ4n) is 5.62. The molecule has 1 aromatic heterocycles. The van der Waals surface area contributed by atoms with E-state index < -0.39 is 29.8 Å². The van der Waals surface area contributed by atoms with E-state index in [2.05, 4.69) is 4.98 Å². The van der Waals surface area contributed by atoms with Crippen LogP contribution in [0, 0.1) is 11.8 Å². The number of fused-ring (bicyclic) bond motifs is 3. The van der Waals surface area contributed by atoms with E-state index in [0.29, 0.717) is 34.3 Å². The van der Waals surface area contributed by atoms with Crippen LogP contribution < -0.4 is 23.7 Å². The third kappa shape index (κ3) is 3.75. The van der Waals surface area contributed by atoms with Gasteiger partial charge in [0, 0.05) is 29.8 Å². The van der Waals surface area contributed by atoms with Gasteiger partial charge in [-0.05, 0) is 47.5 Å². The van der Waals surface area contributed by atoms with Crippen molar-refractivity contribution in [2.45, 2.75) is 12.0 Å². The summed E-state index contributed by atoms with van der Waals surface area (Å²) in [6, 6.07) is 10.5. The molecule has 3 aliphatic rings. The van der Waals surface area contributed by atoms with Gasteiger partial charge in [-0.15, -0.1) is 0 Å². The smallest absolute Gasteiger partial charge is 0.338 e. The molecule has 6 rings (SSSR count). The molecule has 0 amide bonds. The first kappa shape index (κ1) is 23.9. The summed E-state index contributed by atoms with van der Waals surface area (Å²) >= 11 is 0. The number of ether oxygens (including phenoxy) is 7. The lowest BCUT2D eigenvalue weighted by Gasteiger charge is -2.38. The Morgan fingerprint density at radius 3 is 2.18 bits per heavy atom. The topological polar surface area (TPSA) is 112 Å². The van der Waals surface area contributed by atoms with Crippen LogP contribution in [0.1, 0.15) is 39.1 Å². The van der Waals surface area contributed by atoms with Crippen LogP contribution in [0.15, 0.2) is 48.8 Å². The number of hydrogen-bond acceptors (Lipinski definition) is 10. The maximum atomic E-state index is 13.3. The second-order valence-corrected chi connectivity index (χ2v) is 9.15. The highest BCUT2D eigenvalue weighted by Gasteiger charge is 2.54. The number of cyclic esters (lactones) is 1. The van der Waals surface area contributed by atoms with Crippen LogP contribution in [0.2, 0.25) is 0 Å². The number of hydrogen-bond donors (Lipinski definition) is 0. The highest BCUT2D eigenvalue weighted by atomic mass is 16.7. The van der Waals surface area contributed by atoms with Crippen molar-refractivity contribution in [1.29, 1.82) is 0 Å². The van der Waals surface area contributed by atoms with Gasteiger partial charge in [0.05, 0.1) is 39.4 Å². The van der Waals surface area contributed by atoms with Crippen LogP contribution >= 0.6 is 0 Å². The SMILES string of the molecule is COc1cc(C2c3cc4c(cc3C(OC(=O)c3ccncc3)C3COC(=O)C23)OCO4)cc(OC)c1OC. The highest BCUT2D eigenvalue weighted by molar-refractivity contribution is 5.89. The molecule has 38 heavy (non-hydrogen) atoms. The van der Waals surface area contributed by atoms with Gasteiger partial charge >= 0.3 is 11.9 Å². The molecule has 0 saturated carbocycles. The van der Waals surface area contributed by atoms with Crippen molar-refractivity contribution in [2.75, 3.05) is 34.7 Å². The molecule has 0 radical (unpaired) electrons. The molecule has 0 N–H and O–H groups in total. The van der Waals surface area contributed by atoms with Crippen LogP contribution in [-0.2, 0) is 14.3 Å². The van der Waals surface area contributed by atoms with E-state index in [9.17, 15) is 9.59 Å². The summed E-state index contributed by atoms with van der Waals surface area (Å²) in [6.45, 7) is 0.177. The van der Waals surface area contributed by atoms with Crippen molar-refractivity contribution in [1.82, 2.24) is 4.98 Å². The number of methoxy groups -OCH3 is 3. The second kappa shape index (κ2) is 9.44. The lowest BCUT2D eigenvalue weighted by molar-refractivity contribution is -0.141. The third-order valence-corrected chi connectivity index (χ3v) is 7.32. The number of pyridine rings is 1. The largest absolute Gasteiger partial charge is 0.493 e. The fourth-order valence-corrected chi connectivity index (χ4v) is 5.62. The van der Waals surface area contributed by atoms with E-state index >= 15 is 0 Å². The Kier molecular flexibility index (Phi) is 5.94. The molecule has 3 heterocycles. The van der Waals surface area contributed by atoms with Gasteiger partial charge in [0.2, 0.25) is 12.5 Å². The Balaban J connectivity index is 1.53. The Bertz CT molecular complexity index is 1380. The number of nitrogens with zero attached hydrogens (tertiary/aromatic N) is 1. The molecule has 2 aromatic carbocycles. The normalized spacial score (nSPS) is 22.7. The first-order valence-corrected chi connectivity index (χ1v) is 12.0. The molecule has 196 valence electrons. The molecule has 10 heteroatoms. The van der Waals surface area contributed by atoms with Gasteiger partial charge in [-0.25, -0.2) is 4.79 Å². The molecule has 4 unspecified atom stereocenters. The van der Waals surface area contributed by atoms with E-state index in [1.54, 1.807) is 12.1 Å². The lowest BCUT2D eigenvalue weighted by atomic mass is 9.66.